The van der Waals surface area contributed by atoms with Gasteiger partial charge in [-0.2, -0.15) is 0 Å². The lowest BCUT2D eigenvalue weighted by Crippen LogP contribution is -2.72. The Kier molecular flexibility index (Phi) is 6.74. The average Bonchev–Trinajstić information content (AvgIpc) is 3.06. The number of aliphatic hydroxyl groups is 1. The molecule has 8 heteroatoms. The largest absolute Gasteiger partial charge is 0.507 e. The van der Waals surface area contributed by atoms with E-state index in [0.717, 1.165) is 5.57 Å². The number of phenolic OH excluding ortho intramolecular Hbond substituents is 2. The van der Waals surface area contributed by atoms with Gasteiger partial charge in [-0.05, 0) is 60.0 Å². The highest BCUT2D eigenvalue weighted by molar-refractivity contribution is 6.18. The van der Waals surface area contributed by atoms with Gasteiger partial charge < -0.3 is 24.8 Å². The van der Waals surface area contributed by atoms with Crippen molar-refractivity contribution in [1.29, 1.82) is 0 Å². The van der Waals surface area contributed by atoms with Crippen LogP contribution in [0.25, 0.3) is 0 Å². The molecule has 0 aromatic heterocycles. The molecule has 1 saturated carbocycles. The van der Waals surface area contributed by atoms with Crippen molar-refractivity contribution >= 4 is 17.9 Å². The van der Waals surface area contributed by atoms with Crippen LogP contribution in [0.2, 0.25) is 0 Å². The van der Waals surface area contributed by atoms with E-state index in [1.54, 1.807) is 26.0 Å². The summed E-state index contributed by atoms with van der Waals surface area (Å²) in [6.07, 6.45) is 5.26. The van der Waals surface area contributed by atoms with Crippen molar-refractivity contribution in [2.45, 2.75) is 90.1 Å². The second-order valence-corrected chi connectivity index (χ2v) is 12.7. The van der Waals surface area contributed by atoms with Gasteiger partial charge >= 0.3 is 0 Å². The fourth-order valence-corrected chi connectivity index (χ4v) is 7.17. The number of phenols is 2. The Morgan fingerprint density at radius 2 is 1.80 bits per heavy atom. The molecule has 5 aliphatic rings. The molecule has 2 fully saturated rings. The fourth-order valence-electron chi connectivity index (χ4n) is 7.17. The normalized spacial score (nSPS) is 29.7. The zero-order chi connectivity index (χ0) is 30.2. The van der Waals surface area contributed by atoms with E-state index in [4.69, 9.17) is 9.47 Å². The van der Waals surface area contributed by atoms with Gasteiger partial charge in [-0.25, -0.2) is 0 Å². The maximum absolute atomic E-state index is 14.5. The summed E-state index contributed by atoms with van der Waals surface area (Å²) in [6.45, 7) is 14.6. The molecule has 41 heavy (non-hydrogen) atoms. The number of Topliss-reactive ketones (excluding diaryl/α,β-unsaturated/α-hetero) is 2. The first kappa shape index (κ1) is 29.0. The van der Waals surface area contributed by atoms with Crippen LogP contribution in [0.15, 0.2) is 47.1 Å². The molecule has 0 radical (unpaired) electrons. The number of aliphatic hydroxyl groups excluding tert-OH is 1. The lowest BCUT2D eigenvalue weighted by Gasteiger charge is -2.56. The molecule has 218 valence electrons. The van der Waals surface area contributed by atoms with Gasteiger partial charge in [-0.3, -0.25) is 14.4 Å². The number of aldehydes is 1. The lowest BCUT2D eigenvalue weighted by molar-refractivity contribution is -0.171. The van der Waals surface area contributed by atoms with Gasteiger partial charge in [0.2, 0.25) is 0 Å². The van der Waals surface area contributed by atoms with Crippen molar-refractivity contribution in [3.05, 3.63) is 63.8 Å². The summed E-state index contributed by atoms with van der Waals surface area (Å²) in [5, 5.41) is 33.5. The summed E-state index contributed by atoms with van der Waals surface area (Å²) < 4.78 is 13.5. The Hall–Kier alpha value is -3.49. The Balaban J connectivity index is 1.81. The second-order valence-electron chi connectivity index (χ2n) is 12.7. The van der Waals surface area contributed by atoms with Crippen molar-refractivity contribution in [2.24, 2.45) is 11.8 Å². The van der Waals surface area contributed by atoms with Crippen LogP contribution in [-0.2, 0) is 27.2 Å². The van der Waals surface area contributed by atoms with E-state index < -0.39 is 46.3 Å². The predicted octanol–water partition coefficient (Wildman–Crippen LogP) is 4.63. The summed E-state index contributed by atoms with van der Waals surface area (Å²) in [6, 6.07) is 0. The number of ether oxygens (including phenoxy) is 2. The number of ketones is 2. The van der Waals surface area contributed by atoms with Crippen LogP contribution in [0.5, 0.6) is 17.2 Å². The number of hydrogen-bond acceptors (Lipinski definition) is 8. The van der Waals surface area contributed by atoms with Crippen LogP contribution in [0.4, 0.5) is 0 Å². The van der Waals surface area contributed by atoms with Crippen molar-refractivity contribution in [3.63, 3.8) is 0 Å². The average molecular weight is 563 g/mol. The standard InChI is InChI=1S/C33H38O8/c1-16(2)8-9-20-26(36)21(14-23(35)17(3)4)27(37)25-28(38)22-12-19-13-24-31(6,7)41-32(30(19)39,11-10-18(5)15-34)33(22,24)40-29(20)25/h8,10,12,15,19,23-24,35-37H,3,9,11,13-14H2,1-2,4-7H3/b18-10+/t19-,23?,24+,32+,33-/m0/s1. The third-order valence-electron chi connectivity index (χ3n) is 9.27. The van der Waals surface area contributed by atoms with E-state index in [1.807, 2.05) is 33.8 Å². The number of carbonyl (C=O) groups excluding carboxylic acids is 3. The van der Waals surface area contributed by atoms with Gasteiger partial charge in [0.1, 0.15) is 29.1 Å². The molecule has 8 nitrogen and oxygen atoms in total. The Morgan fingerprint density at radius 1 is 1.12 bits per heavy atom. The number of benzene rings is 1. The minimum absolute atomic E-state index is 0.00753. The molecule has 1 unspecified atom stereocenters. The minimum Gasteiger partial charge on any atom is -0.507 e. The monoisotopic (exact) mass is 562 g/mol. The zero-order valence-electron chi connectivity index (χ0n) is 24.5. The van der Waals surface area contributed by atoms with Gasteiger partial charge in [0.25, 0.3) is 0 Å². The van der Waals surface area contributed by atoms with Gasteiger partial charge in [0.05, 0.1) is 11.7 Å². The number of hydrogen-bond donors (Lipinski definition) is 3. The summed E-state index contributed by atoms with van der Waals surface area (Å²) in [5.41, 5.74) is -1.71. The molecule has 5 atom stereocenters. The Bertz CT molecular complexity index is 1490. The molecule has 4 bridgehead atoms. The summed E-state index contributed by atoms with van der Waals surface area (Å²) in [4.78, 5) is 40.0. The first-order valence-corrected chi connectivity index (χ1v) is 14.0. The highest BCUT2D eigenvalue weighted by Gasteiger charge is 2.81. The first-order chi connectivity index (χ1) is 19.1. The smallest absolute Gasteiger partial charge is 0.200 e. The fraction of sp³-hybridized carbons (Fsp3) is 0.485. The van der Waals surface area contributed by atoms with Crippen molar-refractivity contribution in [1.82, 2.24) is 0 Å². The molecule has 0 amide bonds. The Morgan fingerprint density at radius 3 is 2.41 bits per heavy atom. The summed E-state index contributed by atoms with van der Waals surface area (Å²) in [7, 11) is 0. The van der Waals surface area contributed by atoms with Crippen LogP contribution in [0.1, 0.15) is 75.9 Å². The van der Waals surface area contributed by atoms with Crippen LogP contribution in [0, 0.1) is 11.8 Å². The maximum Gasteiger partial charge on any atom is 0.200 e. The summed E-state index contributed by atoms with van der Waals surface area (Å²) >= 11 is 0. The molecule has 1 saturated heterocycles. The first-order valence-electron chi connectivity index (χ1n) is 14.0. The third-order valence-corrected chi connectivity index (χ3v) is 9.27. The van der Waals surface area contributed by atoms with Crippen LogP contribution >= 0.6 is 0 Å². The molecular weight excluding hydrogens is 524 g/mol. The number of allylic oxidation sites excluding steroid dienone is 4. The second kappa shape index (κ2) is 9.53. The predicted molar refractivity (Wildman–Crippen MR) is 152 cm³/mol. The van der Waals surface area contributed by atoms with Crippen molar-refractivity contribution < 1.29 is 39.2 Å². The molecule has 3 N–H and O–H groups in total. The number of carbonyl (C=O) groups is 3. The van der Waals surface area contributed by atoms with Crippen LogP contribution in [-0.4, -0.2) is 56.1 Å². The van der Waals surface area contributed by atoms with Crippen LogP contribution in [0.3, 0.4) is 0 Å². The van der Waals surface area contributed by atoms with Crippen molar-refractivity contribution in [2.75, 3.05) is 0 Å². The highest BCUT2D eigenvalue weighted by Crippen LogP contribution is 2.68. The van der Waals surface area contributed by atoms with Crippen LogP contribution < -0.4 is 4.74 Å². The molecule has 2 heterocycles. The molecule has 2 aliphatic heterocycles. The topological polar surface area (TPSA) is 130 Å². The van der Waals surface area contributed by atoms with Gasteiger partial charge in [0, 0.05) is 41.4 Å². The third kappa shape index (κ3) is 3.91. The van der Waals surface area contributed by atoms with E-state index >= 15 is 0 Å². The number of aromatic hydroxyl groups is 2. The Labute approximate surface area is 240 Å². The zero-order valence-corrected chi connectivity index (χ0v) is 24.5. The van der Waals surface area contributed by atoms with E-state index in [9.17, 15) is 29.7 Å². The molecule has 1 spiro atoms. The van der Waals surface area contributed by atoms with E-state index in [-0.39, 0.29) is 58.8 Å². The van der Waals surface area contributed by atoms with Gasteiger partial charge in [-0.1, -0.05) is 36.0 Å². The quantitative estimate of drug-likeness (QED) is 0.238. The van der Waals surface area contributed by atoms with Crippen molar-refractivity contribution in [3.8, 4) is 17.2 Å². The van der Waals surface area contributed by atoms with E-state index in [0.29, 0.717) is 23.9 Å². The lowest BCUT2D eigenvalue weighted by atomic mass is 9.51. The van der Waals surface area contributed by atoms with E-state index in [2.05, 4.69) is 6.58 Å². The van der Waals surface area contributed by atoms with Gasteiger partial charge in [0.15, 0.2) is 22.8 Å². The number of fused-ring (bicyclic) bond motifs is 1. The SMILES string of the molecule is C=C(C)C(O)Cc1c(O)c(CC=C(C)C)c2c(c1O)C(=O)C1=C[C@H]3C[C@@H]4C(C)(C)O[C@](C/C=C(\C)C=O)(C3=O)[C@]14O2. The molecular formula is C33H38O8. The van der Waals surface area contributed by atoms with E-state index in [1.165, 1.54) is 0 Å². The molecule has 1 aromatic rings. The molecule has 1 aromatic carbocycles. The minimum atomic E-state index is -1.58. The highest BCUT2D eigenvalue weighted by atomic mass is 16.6. The summed E-state index contributed by atoms with van der Waals surface area (Å²) in [5.74, 6) is -2.45. The maximum atomic E-state index is 14.5. The number of rotatable bonds is 8. The molecule has 6 rings (SSSR count). The van der Waals surface area contributed by atoms with Gasteiger partial charge in [-0.15, -0.1) is 0 Å². The molecule has 3 aliphatic carbocycles.